The van der Waals surface area contributed by atoms with Gasteiger partial charge in [-0.1, -0.05) is 30.3 Å². The molecule has 0 bridgehead atoms. The Morgan fingerprint density at radius 2 is 1.93 bits per heavy atom. The second-order valence-electron chi connectivity index (χ2n) is 6.45. The highest BCUT2D eigenvalue weighted by Gasteiger charge is 2.07. The molecule has 1 N–H and O–H groups in total. The summed E-state index contributed by atoms with van der Waals surface area (Å²) in [6, 6.07) is 14.5. The van der Waals surface area contributed by atoms with Crippen molar-refractivity contribution in [1.29, 1.82) is 0 Å². The van der Waals surface area contributed by atoms with Gasteiger partial charge in [0, 0.05) is 45.7 Å². The summed E-state index contributed by atoms with van der Waals surface area (Å²) >= 11 is 0. The summed E-state index contributed by atoms with van der Waals surface area (Å²) in [7, 11) is 4.15. The Bertz CT molecular complexity index is 657. The van der Waals surface area contributed by atoms with Crippen molar-refractivity contribution in [3.05, 3.63) is 59.9 Å². The third kappa shape index (κ3) is 8.79. The van der Waals surface area contributed by atoms with Gasteiger partial charge in [-0.3, -0.25) is 4.99 Å². The number of nitrogens with one attached hydrogen (secondary N) is 1. The van der Waals surface area contributed by atoms with Crippen LogP contribution in [-0.4, -0.2) is 42.2 Å². The van der Waals surface area contributed by atoms with Crippen LogP contribution < -0.4 is 5.32 Å². The number of aromatic nitrogens is 1. The van der Waals surface area contributed by atoms with E-state index < -0.39 is 0 Å². The van der Waals surface area contributed by atoms with Gasteiger partial charge in [0.2, 0.25) is 0 Å². The molecule has 0 aliphatic heterocycles. The highest BCUT2D eigenvalue weighted by molar-refractivity contribution is 14.0. The Hall–Kier alpha value is -1.54. The van der Waals surface area contributed by atoms with Crippen molar-refractivity contribution in [2.45, 2.75) is 32.9 Å². The van der Waals surface area contributed by atoms with Crippen LogP contribution in [0.1, 0.15) is 31.0 Å². The molecule has 6 heteroatoms. The number of unbranched alkanes of at least 4 members (excludes halogenated alkanes) is 1. The zero-order valence-electron chi connectivity index (χ0n) is 16.7. The fraction of sp³-hybridized carbons (Fsp3) is 0.476. The molecule has 0 amide bonds. The van der Waals surface area contributed by atoms with Crippen LogP contribution in [0.5, 0.6) is 0 Å². The van der Waals surface area contributed by atoms with E-state index >= 15 is 0 Å². The fourth-order valence-corrected chi connectivity index (χ4v) is 2.71. The molecule has 0 atom stereocenters. The Kier molecular flexibility index (Phi) is 11.8. The van der Waals surface area contributed by atoms with E-state index in [1.807, 2.05) is 18.2 Å². The molecule has 2 aromatic rings. The maximum atomic E-state index is 5.73. The summed E-state index contributed by atoms with van der Waals surface area (Å²) in [6.45, 7) is 6.09. The molecule has 1 aromatic heterocycles. The van der Waals surface area contributed by atoms with Crippen LogP contribution in [-0.2, 0) is 24.9 Å². The average molecular weight is 484 g/mol. The standard InChI is InChI=1S/C21H32N4O.HI/c1-4-22-21(25(3)17-20-13-10-15-24(20)2)23-14-8-9-16-26-18-19-11-6-5-7-12-19;/h5-7,10-13,15H,4,8-9,14,16-18H2,1-3H3,(H,22,23);1H. The first kappa shape index (κ1) is 23.5. The van der Waals surface area contributed by atoms with Gasteiger partial charge in [0.05, 0.1) is 13.2 Å². The number of hydrogen-bond donors (Lipinski definition) is 1. The lowest BCUT2D eigenvalue weighted by molar-refractivity contribution is 0.117. The van der Waals surface area contributed by atoms with Gasteiger partial charge < -0.3 is 19.5 Å². The number of nitrogens with zero attached hydrogens (tertiary/aromatic N) is 3. The number of rotatable bonds is 10. The van der Waals surface area contributed by atoms with Crippen LogP contribution >= 0.6 is 24.0 Å². The zero-order chi connectivity index (χ0) is 18.6. The smallest absolute Gasteiger partial charge is 0.194 e. The van der Waals surface area contributed by atoms with Crippen LogP contribution in [0.2, 0.25) is 0 Å². The maximum Gasteiger partial charge on any atom is 0.194 e. The summed E-state index contributed by atoms with van der Waals surface area (Å²) < 4.78 is 7.87. The molecule has 0 saturated heterocycles. The number of benzene rings is 1. The SMILES string of the molecule is CCNC(=NCCCCOCc1ccccc1)N(C)Cc1cccn1C.I. The minimum absolute atomic E-state index is 0. The Labute approximate surface area is 180 Å². The van der Waals surface area contributed by atoms with E-state index in [0.717, 1.165) is 45.0 Å². The highest BCUT2D eigenvalue weighted by atomic mass is 127. The quantitative estimate of drug-likeness (QED) is 0.240. The molecule has 150 valence electrons. The molecular weight excluding hydrogens is 451 g/mol. The first-order valence-electron chi connectivity index (χ1n) is 9.42. The molecule has 0 radical (unpaired) electrons. The lowest BCUT2D eigenvalue weighted by atomic mass is 10.2. The minimum Gasteiger partial charge on any atom is -0.377 e. The van der Waals surface area contributed by atoms with E-state index in [9.17, 15) is 0 Å². The van der Waals surface area contributed by atoms with Gasteiger partial charge >= 0.3 is 0 Å². The number of aliphatic imine (C=N–C) groups is 1. The van der Waals surface area contributed by atoms with E-state index in [4.69, 9.17) is 9.73 Å². The van der Waals surface area contributed by atoms with Gasteiger partial charge in [-0.25, -0.2) is 0 Å². The second-order valence-corrected chi connectivity index (χ2v) is 6.45. The minimum atomic E-state index is 0. The van der Waals surface area contributed by atoms with Gasteiger partial charge in [0.25, 0.3) is 0 Å². The van der Waals surface area contributed by atoms with Gasteiger partial charge in [-0.05, 0) is 37.5 Å². The van der Waals surface area contributed by atoms with E-state index in [2.05, 4.69) is 66.3 Å². The molecule has 1 heterocycles. The van der Waals surface area contributed by atoms with Crippen molar-refractivity contribution >= 4 is 29.9 Å². The fourth-order valence-electron chi connectivity index (χ4n) is 2.71. The van der Waals surface area contributed by atoms with Gasteiger partial charge in [-0.15, -0.1) is 24.0 Å². The van der Waals surface area contributed by atoms with E-state index in [1.165, 1.54) is 11.3 Å². The third-order valence-corrected chi connectivity index (χ3v) is 4.22. The first-order valence-corrected chi connectivity index (χ1v) is 9.42. The number of halogens is 1. The van der Waals surface area contributed by atoms with Gasteiger partial charge in [0.15, 0.2) is 5.96 Å². The molecule has 1 aromatic carbocycles. The molecule has 0 aliphatic carbocycles. The van der Waals surface area contributed by atoms with E-state index in [1.54, 1.807) is 0 Å². The van der Waals surface area contributed by atoms with Crippen LogP contribution in [0, 0.1) is 0 Å². The summed E-state index contributed by atoms with van der Waals surface area (Å²) in [5.74, 6) is 0.957. The molecular formula is C21H33IN4O. The largest absolute Gasteiger partial charge is 0.377 e. The molecule has 0 unspecified atom stereocenters. The number of hydrogen-bond acceptors (Lipinski definition) is 2. The molecule has 0 aliphatic rings. The topological polar surface area (TPSA) is 41.8 Å². The molecule has 5 nitrogen and oxygen atoms in total. The Morgan fingerprint density at radius 3 is 2.59 bits per heavy atom. The average Bonchev–Trinajstić information content (AvgIpc) is 3.05. The van der Waals surface area contributed by atoms with Gasteiger partial charge in [0.1, 0.15) is 0 Å². The van der Waals surface area contributed by atoms with Crippen LogP contribution in [0.4, 0.5) is 0 Å². The van der Waals surface area contributed by atoms with Crippen molar-refractivity contribution in [1.82, 2.24) is 14.8 Å². The lowest BCUT2D eigenvalue weighted by Crippen LogP contribution is -2.38. The Morgan fingerprint density at radius 1 is 1.15 bits per heavy atom. The van der Waals surface area contributed by atoms with Crippen molar-refractivity contribution in [2.75, 3.05) is 26.7 Å². The van der Waals surface area contributed by atoms with Crippen molar-refractivity contribution in [3.63, 3.8) is 0 Å². The molecule has 2 rings (SSSR count). The summed E-state index contributed by atoms with van der Waals surface area (Å²) in [6.07, 6.45) is 4.13. The summed E-state index contributed by atoms with van der Waals surface area (Å²) in [5, 5.41) is 3.37. The van der Waals surface area contributed by atoms with Gasteiger partial charge in [-0.2, -0.15) is 0 Å². The van der Waals surface area contributed by atoms with Crippen molar-refractivity contribution in [3.8, 4) is 0 Å². The summed E-state index contributed by atoms with van der Waals surface area (Å²) in [5.41, 5.74) is 2.50. The molecule has 27 heavy (non-hydrogen) atoms. The molecule has 0 saturated carbocycles. The molecule has 0 spiro atoms. The predicted molar refractivity (Wildman–Crippen MR) is 124 cm³/mol. The van der Waals surface area contributed by atoms with E-state index in [0.29, 0.717) is 6.61 Å². The van der Waals surface area contributed by atoms with Crippen LogP contribution in [0.3, 0.4) is 0 Å². The third-order valence-electron chi connectivity index (χ3n) is 4.22. The Balaban J connectivity index is 0.00000364. The normalized spacial score (nSPS) is 11.1. The second kappa shape index (κ2) is 13.6. The highest BCUT2D eigenvalue weighted by Crippen LogP contribution is 2.05. The predicted octanol–water partition coefficient (Wildman–Crippen LogP) is 4.04. The van der Waals surface area contributed by atoms with Crippen LogP contribution in [0.25, 0.3) is 0 Å². The first-order chi connectivity index (χ1) is 12.7. The maximum absolute atomic E-state index is 5.73. The lowest BCUT2D eigenvalue weighted by Gasteiger charge is -2.22. The van der Waals surface area contributed by atoms with Crippen LogP contribution in [0.15, 0.2) is 53.7 Å². The monoisotopic (exact) mass is 484 g/mol. The van der Waals surface area contributed by atoms with Crippen molar-refractivity contribution in [2.24, 2.45) is 12.0 Å². The van der Waals surface area contributed by atoms with E-state index in [-0.39, 0.29) is 24.0 Å². The van der Waals surface area contributed by atoms with Crippen molar-refractivity contribution < 1.29 is 4.74 Å². The number of ether oxygens (including phenoxy) is 1. The zero-order valence-corrected chi connectivity index (χ0v) is 19.1. The number of aryl methyl sites for hydroxylation is 1. The summed E-state index contributed by atoms with van der Waals surface area (Å²) in [4.78, 5) is 6.92. The molecule has 0 fully saturated rings. The number of guanidine groups is 1.